The Balaban J connectivity index is 0.000001000. The Kier molecular flexibility index (Phi) is 4.98. The number of hydrogen-bond donors (Lipinski definition) is 0. The summed E-state index contributed by atoms with van der Waals surface area (Å²) in [6.07, 6.45) is 1.80. The van der Waals surface area contributed by atoms with Crippen molar-refractivity contribution in [2.75, 3.05) is 0 Å². The van der Waals surface area contributed by atoms with Crippen molar-refractivity contribution in [3.05, 3.63) is 47.7 Å². The zero-order valence-corrected chi connectivity index (χ0v) is 6.80. The molecule has 0 radical (unpaired) electrons. The van der Waals surface area contributed by atoms with Gasteiger partial charge in [-0.15, -0.1) is 6.54 Å². The van der Waals surface area contributed by atoms with Crippen LogP contribution in [0.4, 0.5) is 0 Å². The molecule has 0 fully saturated rings. The van der Waals surface area contributed by atoms with Gasteiger partial charge in [-0.2, -0.15) is 0 Å². The van der Waals surface area contributed by atoms with Crippen LogP contribution in [-0.2, 0) is 6.54 Å². The predicted molar refractivity (Wildman–Crippen MR) is 44.6 cm³/mol. The van der Waals surface area contributed by atoms with E-state index in [1.165, 1.54) is 0 Å². The minimum atomic E-state index is 0. The fourth-order valence-corrected chi connectivity index (χ4v) is 0.772. The molecule has 0 spiro atoms. The van der Waals surface area contributed by atoms with Crippen molar-refractivity contribution in [3.63, 3.8) is 0 Å². The van der Waals surface area contributed by atoms with Gasteiger partial charge in [-0.25, -0.2) is 0 Å². The third-order valence-corrected chi connectivity index (χ3v) is 1.42. The second-order valence-electron chi connectivity index (χ2n) is 2.12. The summed E-state index contributed by atoms with van der Waals surface area (Å²) < 4.78 is 0. The summed E-state index contributed by atoms with van der Waals surface area (Å²) in [6, 6.07) is 7.84. The molecule has 0 saturated carbocycles. The summed E-state index contributed by atoms with van der Waals surface area (Å²) >= 11 is 0. The van der Waals surface area contributed by atoms with E-state index in [-0.39, 0.29) is 18.9 Å². The van der Waals surface area contributed by atoms with Gasteiger partial charge in [0.05, 0.1) is 0 Å². The van der Waals surface area contributed by atoms with Crippen LogP contribution in [0, 0.1) is 0 Å². The Morgan fingerprint density at radius 2 is 1.82 bits per heavy atom. The van der Waals surface area contributed by atoms with Gasteiger partial charge < -0.3 is 5.73 Å². The van der Waals surface area contributed by atoms with Gasteiger partial charge in [0.2, 0.25) is 0 Å². The molecule has 0 aromatic heterocycles. The van der Waals surface area contributed by atoms with E-state index in [1.54, 1.807) is 6.08 Å². The molecule has 0 aliphatic heterocycles. The molecule has 1 aromatic rings. The molecule has 0 aliphatic rings. The molecule has 0 amide bonds. The molecule has 0 heterocycles. The van der Waals surface area contributed by atoms with Gasteiger partial charge in [-0.05, 0) is 5.56 Å². The van der Waals surface area contributed by atoms with Gasteiger partial charge in [0, 0.05) is 0 Å². The normalized spacial score (nSPS) is 8.45. The first-order valence-electron chi connectivity index (χ1n) is 3.23. The number of hydrogen-bond acceptors (Lipinski definition) is 0. The molecule has 0 saturated heterocycles. The van der Waals surface area contributed by atoms with Crippen molar-refractivity contribution >= 4 is 6.08 Å². The number of nitrogens with one attached hydrogen (secondary N) is 1. The molecule has 1 rings (SSSR count). The molecule has 52 valence electrons. The molecule has 11 heavy (non-hydrogen) atoms. The summed E-state index contributed by atoms with van der Waals surface area (Å²) in [4.78, 5) is 0. The zero-order chi connectivity index (χ0) is 7.40. The van der Waals surface area contributed by atoms with Crippen LogP contribution in [0.2, 0.25) is 0 Å². The van der Waals surface area contributed by atoms with Crippen LogP contribution in [-0.4, -0.2) is 0 Å². The molecule has 1 N–H and O–H groups in total. The van der Waals surface area contributed by atoms with E-state index in [9.17, 15) is 0 Å². The minimum Gasteiger partial charge on any atom is -0.674 e. The topological polar surface area (TPSA) is 23.8 Å². The largest absolute Gasteiger partial charge is 1.00 e. The van der Waals surface area contributed by atoms with E-state index in [2.05, 4.69) is 6.58 Å². The Hall–Kier alpha value is -0.483. The molecule has 0 atom stereocenters. The molecular weight excluding hydrogens is 129 g/mol. The van der Waals surface area contributed by atoms with Crippen molar-refractivity contribution in [1.29, 1.82) is 0 Å². The predicted octanol–water partition coefficient (Wildman–Crippen LogP) is -0.114. The summed E-state index contributed by atoms with van der Waals surface area (Å²) in [5.41, 5.74) is 9.20. The first-order valence-corrected chi connectivity index (χ1v) is 3.23. The number of benzene rings is 1. The maximum atomic E-state index is 7.05. The summed E-state index contributed by atoms with van der Waals surface area (Å²) in [7, 11) is 0. The van der Waals surface area contributed by atoms with Crippen molar-refractivity contribution in [2.24, 2.45) is 0 Å². The van der Waals surface area contributed by atoms with Gasteiger partial charge in [0.1, 0.15) is 0 Å². The van der Waals surface area contributed by atoms with Crippen LogP contribution in [0.25, 0.3) is 11.8 Å². The Labute approximate surface area is 79.5 Å². The van der Waals surface area contributed by atoms with Crippen LogP contribution < -0.4 is 18.9 Å². The van der Waals surface area contributed by atoms with Gasteiger partial charge in [-0.1, -0.05) is 42.5 Å². The van der Waals surface area contributed by atoms with E-state index in [0.29, 0.717) is 6.54 Å². The quantitative estimate of drug-likeness (QED) is 0.510. The zero-order valence-electron chi connectivity index (χ0n) is 6.80. The maximum Gasteiger partial charge on any atom is 1.00 e. The van der Waals surface area contributed by atoms with Crippen molar-refractivity contribution < 1.29 is 18.9 Å². The summed E-state index contributed by atoms with van der Waals surface area (Å²) in [5, 5.41) is 0. The van der Waals surface area contributed by atoms with E-state index in [1.807, 2.05) is 24.3 Å². The minimum absolute atomic E-state index is 0. The van der Waals surface area contributed by atoms with Crippen molar-refractivity contribution in [3.8, 4) is 0 Å². The third kappa shape index (κ3) is 2.94. The van der Waals surface area contributed by atoms with E-state index >= 15 is 0 Å². The molecule has 2 heteroatoms. The van der Waals surface area contributed by atoms with Crippen LogP contribution in [0.15, 0.2) is 30.8 Å². The molecule has 0 unspecified atom stereocenters. The molecular formula is C9H10LiN. The first-order chi connectivity index (χ1) is 4.86. The monoisotopic (exact) mass is 139 g/mol. The van der Waals surface area contributed by atoms with Crippen molar-refractivity contribution in [1.82, 2.24) is 0 Å². The second-order valence-corrected chi connectivity index (χ2v) is 2.12. The Bertz CT molecular complexity index is 216. The van der Waals surface area contributed by atoms with Crippen LogP contribution in [0.3, 0.4) is 0 Å². The maximum absolute atomic E-state index is 7.05. The Morgan fingerprint density at radius 1 is 1.27 bits per heavy atom. The number of rotatable bonds is 2. The third-order valence-electron chi connectivity index (χ3n) is 1.42. The fraction of sp³-hybridized carbons (Fsp3) is 0.111. The fourth-order valence-electron chi connectivity index (χ4n) is 0.772. The second kappa shape index (κ2) is 5.21. The molecule has 1 nitrogen and oxygen atoms in total. The first kappa shape index (κ1) is 10.5. The van der Waals surface area contributed by atoms with Crippen LogP contribution in [0.1, 0.15) is 11.1 Å². The van der Waals surface area contributed by atoms with Gasteiger partial charge >= 0.3 is 18.9 Å². The average Bonchev–Trinajstić information content (AvgIpc) is 2.05. The van der Waals surface area contributed by atoms with Crippen LogP contribution in [0.5, 0.6) is 0 Å². The van der Waals surface area contributed by atoms with Crippen LogP contribution >= 0.6 is 0 Å². The summed E-state index contributed by atoms with van der Waals surface area (Å²) in [6.45, 7) is 4.00. The Morgan fingerprint density at radius 3 is 2.18 bits per heavy atom. The molecule has 0 bridgehead atoms. The van der Waals surface area contributed by atoms with E-state index < -0.39 is 0 Å². The standard InChI is InChI=1S/C9H10N.Li/c1-2-8-3-5-9(7-10)6-4-8;/h2-6,10H,1,7H2;/q-1;+1. The molecule has 1 aromatic carbocycles. The van der Waals surface area contributed by atoms with Gasteiger partial charge in [0.15, 0.2) is 0 Å². The van der Waals surface area contributed by atoms with E-state index in [0.717, 1.165) is 11.1 Å². The van der Waals surface area contributed by atoms with Gasteiger partial charge in [-0.3, -0.25) is 0 Å². The molecule has 0 aliphatic carbocycles. The van der Waals surface area contributed by atoms with Crippen molar-refractivity contribution in [2.45, 2.75) is 6.54 Å². The summed E-state index contributed by atoms with van der Waals surface area (Å²) in [5.74, 6) is 0. The SMILES string of the molecule is C=Cc1ccc(C[NH-])cc1.[Li+]. The van der Waals surface area contributed by atoms with Gasteiger partial charge in [0.25, 0.3) is 0 Å². The smallest absolute Gasteiger partial charge is 0.674 e. The van der Waals surface area contributed by atoms with E-state index in [4.69, 9.17) is 5.73 Å². The average molecular weight is 139 g/mol.